The van der Waals surface area contributed by atoms with Crippen LogP contribution in [0.3, 0.4) is 0 Å². The molecular formula is C33H43N7O5S. The Morgan fingerprint density at radius 2 is 1.67 bits per heavy atom. The maximum atomic E-state index is 13.6. The van der Waals surface area contributed by atoms with Gasteiger partial charge in [0.25, 0.3) is 11.8 Å². The fourth-order valence-corrected chi connectivity index (χ4v) is 5.49. The van der Waals surface area contributed by atoms with Gasteiger partial charge in [0.2, 0.25) is 10.0 Å². The summed E-state index contributed by atoms with van der Waals surface area (Å²) >= 11 is 0. The van der Waals surface area contributed by atoms with Crippen molar-refractivity contribution in [3.05, 3.63) is 94.8 Å². The molecule has 0 bridgehead atoms. The Morgan fingerprint density at radius 3 is 2.28 bits per heavy atom. The number of likely N-dealkylation sites (N-methyl/N-ethyl adjacent to an activating group) is 1. The normalized spacial score (nSPS) is 13.9. The molecule has 1 atom stereocenters. The first-order chi connectivity index (χ1) is 21.6. The van der Waals surface area contributed by atoms with Gasteiger partial charge in [-0.2, -0.15) is 0 Å². The molecule has 5 N–H and O–H groups in total. The number of rotatable bonds is 11. The number of benzene rings is 3. The van der Waals surface area contributed by atoms with E-state index in [-0.39, 0.29) is 28.8 Å². The zero-order chi connectivity index (χ0) is 33.8. The molecule has 3 aromatic rings. The molecule has 0 saturated carbocycles. The second-order valence-corrected chi connectivity index (χ2v) is 14.3. The van der Waals surface area contributed by atoms with Crippen molar-refractivity contribution in [3.63, 3.8) is 0 Å². The van der Waals surface area contributed by atoms with Crippen LogP contribution in [0.4, 0.5) is 17.1 Å². The molecule has 0 fully saturated rings. The number of hydrogen-bond donors (Lipinski definition) is 5. The van der Waals surface area contributed by atoms with Crippen LogP contribution in [-0.2, 0) is 20.2 Å². The average Bonchev–Trinajstić information content (AvgIpc) is 3.46. The van der Waals surface area contributed by atoms with Crippen molar-refractivity contribution >= 4 is 38.9 Å². The fraction of sp³-hybridized carbons (Fsp3) is 0.333. The van der Waals surface area contributed by atoms with E-state index < -0.39 is 15.9 Å². The molecule has 13 heteroatoms. The summed E-state index contributed by atoms with van der Waals surface area (Å²) in [6, 6.07) is 18.2. The van der Waals surface area contributed by atoms with Gasteiger partial charge in [-0.05, 0) is 67.4 Å². The van der Waals surface area contributed by atoms with Gasteiger partial charge in [0.15, 0.2) is 5.75 Å². The molecule has 4 rings (SSSR count). The number of anilines is 3. The van der Waals surface area contributed by atoms with Crippen LogP contribution >= 0.6 is 0 Å². The summed E-state index contributed by atoms with van der Waals surface area (Å²) in [6.07, 6.45) is 2.69. The quantitative estimate of drug-likeness (QED) is 0.208. The third kappa shape index (κ3) is 8.56. The summed E-state index contributed by atoms with van der Waals surface area (Å²) in [4.78, 5) is 28.9. The first kappa shape index (κ1) is 34.3. The third-order valence-electron chi connectivity index (χ3n) is 7.30. The zero-order valence-electron chi connectivity index (χ0n) is 27.5. The Hall–Kier alpha value is -4.59. The predicted octanol–water partition coefficient (Wildman–Crippen LogP) is 4.01. The van der Waals surface area contributed by atoms with E-state index in [0.29, 0.717) is 29.2 Å². The number of nitrogens with one attached hydrogen (secondary N) is 5. The number of sulfonamides is 1. The Balaban J connectivity index is 1.59. The first-order valence-electron chi connectivity index (χ1n) is 14.7. The molecule has 1 aliphatic rings. The van der Waals surface area contributed by atoms with Gasteiger partial charge in [0, 0.05) is 12.1 Å². The number of amides is 2. The molecule has 0 aliphatic carbocycles. The van der Waals surface area contributed by atoms with Crippen molar-refractivity contribution in [1.29, 1.82) is 0 Å². The van der Waals surface area contributed by atoms with Crippen molar-refractivity contribution in [3.8, 4) is 5.75 Å². The van der Waals surface area contributed by atoms with E-state index in [1.54, 1.807) is 41.5 Å². The van der Waals surface area contributed by atoms with Crippen molar-refractivity contribution in [2.45, 2.75) is 39.2 Å². The lowest BCUT2D eigenvalue weighted by atomic mass is 9.86. The van der Waals surface area contributed by atoms with Crippen LogP contribution in [0, 0.1) is 6.92 Å². The summed E-state index contributed by atoms with van der Waals surface area (Å²) < 4.78 is 32.2. The number of hydrazine groups is 2. The van der Waals surface area contributed by atoms with Crippen LogP contribution in [0.5, 0.6) is 5.75 Å². The molecule has 0 spiro atoms. The smallest absolute Gasteiger partial charge is 0.270 e. The number of nitrogens with zero attached hydrogens (tertiary/aromatic N) is 2. The van der Waals surface area contributed by atoms with Gasteiger partial charge in [-0.25, -0.2) is 8.42 Å². The van der Waals surface area contributed by atoms with Crippen LogP contribution in [0.2, 0.25) is 0 Å². The third-order valence-corrected chi connectivity index (χ3v) is 7.89. The van der Waals surface area contributed by atoms with Gasteiger partial charge in [-0.3, -0.25) is 24.7 Å². The van der Waals surface area contributed by atoms with E-state index in [4.69, 9.17) is 4.74 Å². The lowest BCUT2D eigenvalue weighted by Gasteiger charge is -2.24. The molecule has 0 saturated heterocycles. The van der Waals surface area contributed by atoms with Gasteiger partial charge in [-0.1, -0.05) is 57.2 Å². The lowest BCUT2D eigenvalue weighted by Crippen LogP contribution is -2.41. The van der Waals surface area contributed by atoms with Crippen LogP contribution in [0.1, 0.15) is 53.9 Å². The summed E-state index contributed by atoms with van der Waals surface area (Å²) in [6.45, 7) is 8.47. The highest BCUT2D eigenvalue weighted by molar-refractivity contribution is 7.92. The Kier molecular flexibility index (Phi) is 10.3. The highest BCUT2D eigenvalue weighted by Crippen LogP contribution is 2.39. The topological polar surface area (TPSA) is 144 Å². The van der Waals surface area contributed by atoms with Gasteiger partial charge in [-0.15, -0.1) is 5.53 Å². The molecule has 0 aromatic heterocycles. The van der Waals surface area contributed by atoms with E-state index in [0.717, 1.165) is 22.9 Å². The van der Waals surface area contributed by atoms with Crippen molar-refractivity contribution in [1.82, 2.24) is 21.2 Å². The Morgan fingerprint density at radius 1 is 1.00 bits per heavy atom. The number of aryl methyl sites for hydroxylation is 1. The van der Waals surface area contributed by atoms with Crippen LogP contribution < -0.4 is 36.1 Å². The molecule has 246 valence electrons. The zero-order valence-corrected chi connectivity index (χ0v) is 28.3. The van der Waals surface area contributed by atoms with Crippen LogP contribution in [0.15, 0.2) is 72.6 Å². The number of carbonyl (C=O) groups excluding carboxylic acids is 2. The molecule has 1 aliphatic heterocycles. The van der Waals surface area contributed by atoms with Crippen molar-refractivity contribution in [2.24, 2.45) is 0 Å². The predicted molar refractivity (Wildman–Crippen MR) is 182 cm³/mol. The molecule has 46 heavy (non-hydrogen) atoms. The van der Waals surface area contributed by atoms with E-state index in [1.807, 2.05) is 77.0 Å². The van der Waals surface area contributed by atoms with Crippen LogP contribution in [0.25, 0.3) is 0 Å². The van der Waals surface area contributed by atoms with Gasteiger partial charge >= 0.3 is 0 Å². The second-order valence-electron chi connectivity index (χ2n) is 12.5. The number of methoxy groups -OCH3 is 1. The van der Waals surface area contributed by atoms with E-state index in [1.165, 1.54) is 7.11 Å². The minimum atomic E-state index is -3.62. The number of hydrogen-bond acceptors (Lipinski definition) is 9. The van der Waals surface area contributed by atoms with E-state index in [9.17, 15) is 18.0 Å². The minimum Gasteiger partial charge on any atom is -0.492 e. The summed E-state index contributed by atoms with van der Waals surface area (Å²) in [5.74, 6) is -0.535. The van der Waals surface area contributed by atoms with Crippen molar-refractivity contribution in [2.75, 3.05) is 49.1 Å². The highest BCUT2D eigenvalue weighted by atomic mass is 32.2. The van der Waals surface area contributed by atoms with Gasteiger partial charge in [0.1, 0.15) is 5.70 Å². The lowest BCUT2D eigenvalue weighted by molar-refractivity contribution is -0.118. The number of ether oxygens (including phenoxy) is 1. The molecule has 12 nitrogen and oxygen atoms in total. The maximum absolute atomic E-state index is 13.6. The van der Waals surface area contributed by atoms with Gasteiger partial charge in [0.05, 0.1) is 42.7 Å². The number of carbonyl (C=O) groups is 2. The van der Waals surface area contributed by atoms with Crippen LogP contribution in [-0.4, -0.2) is 59.1 Å². The molecule has 0 unspecified atom stereocenters. The maximum Gasteiger partial charge on any atom is 0.270 e. The van der Waals surface area contributed by atoms with Crippen molar-refractivity contribution < 1.29 is 22.7 Å². The summed E-state index contributed by atoms with van der Waals surface area (Å²) in [7, 11) is 1.69. The minimum absolute atomic E-state index is 0.186. The van der Waals surface area contributed by atoms with Gasteiger partial charge < -0.3 is 20.3 Å². The summed E-state index contributed by atoms with van der Waals surface area (Å²) in [5, 5.41) is 7.63. The monoisotopic (exact) mass is 649 g/mol. The molecule has 0 radical (unpaired) electrons. The fourth-order valence-electron chi connectivity index (χ4n) is 4.93. The molecule has 3 aromatic carbocycles. The summed E-state index contributed by atoms with van der Waals surface area (Å²) in [5.41, 5.74) is 10.0. The highest BCUT2D eigenvalue weighted by Gasteiger charge is 2.25. The molecular weight excluding hydrogens is 606 g/mol. The molecule has 1 heterocycles. The Labute approximate surface area is 271 Å². The van der Waals surface area contributed by atoms with E-state index >= 15 is 0 Å². The first-order valence-corrected chi connectivity index (χ1v) is 16.6. The standard InChI is InChI=1S/C33H43N7O5S/c1-21-14-15-23(31(41)34-25-17-24(33(2,3)4)18-26(30(25)45-7)37-46(8,43)44)16-29(21)40-20-28(36-38-40)32(42)35-27(19-39(5)6)22-12-10-9-11-13-22/h9-18,20,27,36-38H,19H2,1-8H3,(H,34,41)(H,35,42)/t27-/m1/s1. The second kappa shape index (κ2) is 13.8. The van der Waals surface area contributed by atoms with E-state index in [2.05, 4.69) is 26.3 Å². The average molecular weight is 650 g/mol. The largest absolute Gasteiger partial charge is 0.492 e. The SMILES string of the molecule is COc1c(NC(=O)c2ccc(C)c(N3C=C(C(=O)N[C@H](CN(C)C)c4ccccc4)NN3)c2)cc(C(C)(C)C)cc1NS(C)(=O)=O. The Bertz CT molecular complexity index is 1730. The molecule has 2 amide bonds.